The Hall–Kier alpha value is -2.68. The first-order valence-electron chi connectivity index (χ1n) is 9.27. The summed E-state index contributed by atoms with van der Waals surface area (Å²) < 4.78 is 32.7. The minimum absolute atomic E-state index is 0.147. The van der Waals surface area contributed by atoms with Crippen LogP contribution in [0.5, 0.6) is 0 Å². The van der Waals surface area contributed by atoms with E-state index in [0.29, 0.717) is 40.8 Å². The first-order chi connectivity index (χ1) is 13.9. The van der Waals surface area contributed by atoms with Crippen molar-refractivity contribution >= 4 is 39.9 Å². The van der Waals surface area contributed by atoms with Gasteiger partial charge in [-0.1, -0.05) is 5.16 Å². The van der Waals surface area contributed by atoms with Gasteiger partial charge in [-0.25, -0.2) is 13.8 Å². The molecule has 1 saturated heterocycles. The van der Waals surface area contributed by atoms with Crippen molar-refractivity contribution in [1.29, 1.82) is 0 Å². The lowest BCUT2D eigenvalue weighted by Crippen LogP contribution is -2.28. The average Bonchev–Trinajstić information content (AvgIpc) is 3.09. The number of benzene rings is 1. The van der Waals surface area contributed by atoms with E-state index in [1.165, 1.54) is 18.0 Å². The smallest absolute Gasteiger partial charge is 0.257 e. The highest BCUT2D eigenvalue weighted by Gasteiger charge is 2.32. The first kappa shape index (κ1) is 19.6. The molecule has 2 aromatic heterocycles. The zero-order chi connectivity index (χ0) is 20.4. The number of carbonyl (C=O) groups is 1. The molecule has 29 heavy (non-hydrogen) atoms. The van der Waals surface area contributed by atoms with E-state index in [0.717, 1.165) is 5.03 Å². The second-order valence-corrected chi connectivity index (χ2v) is 7.81. The van der Waals surface area contributed by atoms with Gasteiger partial charge in [0.05, 0.1) is 16.3 Å². The van der Waals surface area contributed by atoms with Gasteiger partial charge in [0.1, 0.15) is 11.8 Å². The van der Waals surface area contributed by atoms with E-state index in [2.05, 4.69) is 15.5 Å². The summed E-state index contributed by atoms with van der Waals surface area (Å²) in [6.45, 7) is 0.619. The van der Waals surface area contributed by atoms with Gasteiger partial charge in [-0.15, -0.1) is 11.8 Å². The Morgan fingerprint density at radius 2 is 2.14 bits per heavy atom. The molecule has 1 aliphatic heterocycles. The topological polar surface area (TPSA) is 71.3 Å². The van der Waals surface area contributed by atoms with Crippen LogP contribution < -0.4 is 10.2 Å². The molecule has 0 atom stereocenters. The lowest BCUT2D eigenvalue weighted by molar-refractivity contribution is -0.0102. The molecule has 6 nitrogen and oxygen atoms in total. The predicted molar refractivity (Wildman–Crippen MR) is 109 cm³/mol. The monoisotopic (exact) mass is 418 g/mol. The number of amides is 1. The molecule has 0 bridgehead atoms. The number of hydrogen-bond donors (Lipinski definition) is 1. The summed E-state index contributed by atoms with van der Waals surface area (Å²) in [6.07, 6.45) is 4.96. The Balaban J connectivity index is 1.68. The van der Waals surface area contributed by atoms with E-state index in [-0.39, 0.29) is 25.3 Å². The number of aromatic nitrogens is 2. The number of rotatable bonds is 4. The van der Waals surface area contributed by atoms with Crippen molar-refractivity contribution in [2.45, 2.75) is 30.2 Å². The molecular formula is C20H20F2N4O2S. The van der Waals surface area contributed by atoms with Crippen LogP contribution in [-0.2, 0) is 0 Å². The molecule has 0 radical (unpaired) electrons. The van der Waals surface area contributed by atoms with Gasteiger partial charge in [0.15, 0.2) is 0 Å². The molecular weight excluding hydrogens is 398 g/mol. The molecule has 0 saturated carbocycles. The number of nitrogens with one attached hydrogen (secondary N) is 1. The SMILES string of the molecule is CSc1cc(NC(=O)c2cc3conc3cc2N2CCCC(F)(F)CC2)ccn1. The third-order valence-electron chi connectivity index (χ3n) is 4.98. The van der Waals surface area contributed by atoms with Crippen LogP contribution in [0.3, 0.4) is 0 Å². The zero-order valence-corrected chi connectivity index (χ0v) is 16.6. The van der Waals surface area contributed by atoms with Crippen molar-refractivity contribution in [3.05, 3.63) is 42.3 Å². The number of carbonyl (C=O) groups excluding carboxylic acids is 1. The quantitative estimate of drug-likeness (QED) is 0.613. The zero-order valence-electron chi connectivity index (χ0n) is 15.8. The largest absolute Gasteiger partial charge is 0.371 e. The summed E-state index contributed by atoms with van der Waals surface area (Å²) in [7, 11) is 0. The van der Waals surface area contributed by atoms with Crippen LogP contribution in [0, 0.1) is 0 Å². The first-order valence-corrected chi connectivity index (χ1v) is 10.5. The van der Waals surface area contributed by atoms with Crippen LogP contribution in [0.4, 0.5) is 20.2 Å². The summed E-state index contributed by atoms with van der Waals surface area (Å²) in [5.41, 5.74) is 2.18. The van der Waals surface area contributed by atoms with Gasteiger partial charge in [0, 0.05) is 43.2 Å². The minimum Gasteiger partial charge on any atom is -0.371 e. The average molecular weight is 418 g/mol. The fourth-order valence-corrected chi connectivity index (χ4v) is 3.86. The Morgan fingerprint density at radius 1 is 1.28 bits per heavy atom. The van der Waals surface area contributed by atoms with Crippen LogP contribution in [-0.4, -0.2) is 41.3 Å². The molecule has 1 N–H and O–H groups in total. The summed E-state index contributed by atoms with van der Waals surface area (Å²) in [6, 6.07) is 6.92. The van der Waals surface area contributed by atoms with Crippen molar-refractivity contribution in [2.75, 3.05) is 29.6 Å². The normalized spacial score (nSPS) is 16.6. The molecule has 0 spiro atoms. The maximum atomic E-state index is 13.8. The number of nitrogens with zero attached hydrogens (tertiary/aromatic N) is 3. The van der Waals surface area contributed by atoms with Crippen LogP contribution in [0.25, 0.3) is 10.9 Å². The van der Waals surface area contributed by atoms with Crippen LogP contribution >= 0.6 is 11.8 Å². The molecule has 152 valence electrons. The van der Waals surface area contributed by atoms with Crippen molar-refractivity contribution in [2.24, 2.45) is 0 Å². The van der Waals surface area contributed by atoms with Gasteiger partial charge in [-0.3, -0.25) is 4.79 Å². The highest BCUT2D eigenvalue weighted by molar-refractivity contribution is 7.98. The van der Waals surface area contributed by atoms with E-state index in [9.17, 15) is 13.6 Å². The lowest BCUT2D eigenvalue weighted by atomic mass is 10.1. The molecule has 0 aliphatic carbocycles. The van der Waals surface area contributed by atoms with Crippen LogP contribution in [0.15, 0.2) is 46.3 Å². The van der Waals surface area contributed by atoms with Crippen molar-refractivity contribution in [3.63, 3.8) is 0 Å². The number of fused-ring (bicyclic) bond motifs is 1. The molecule has 4 rings (SSSR count). The maximum Gasteiger partial charge on any atom is 0.257 e. The molecule has 3 aromatic rings. The van der Waals surface area contributed by atoms with E-state index >= 15 is 0 Å². The van der Waals surface area contributed by atoms with Crippen molar-refractivity contribution < 1.29 is 18.1 Å². The third kappa shape index (κ3) is 4.34. The highest BCUT2D eigenvalue weighted by atomic mass is 32.2. The molecule has 9 heteroatoms. The Morgan fingerprint density at radius 3 is 2.97 bits per heavy atom. The summed E-state index contributed by atoms with van der Waals surface area (Å²) in [4.78, 5) is 19.1. The number of halogens is 2. The van der Waals surface area contributed by atoms with Gasteiger partial charge >= 0.3 is 0 Å². The van der Waals surface area contributed by atoms with Gasteiger partial charge in [0.25, 0.3) is 5.91 Å². The van der Waals surface area contributed by atoms with Crippen LogP contribution in [0.2, 0.25) is 0 Å². The van der Waals surface area contributed by atoms with E-state index in [4.69, 9.17) is 4.52 Å². The molecule has 1 aromatic carbocycles. The molecule has 0 unspecified atom stereocenters. The molecule has 1 aliphatic rings. The highest BCUT2D eigenvalue weighted by Crippen LogP contribution is 2.33. The summed E-state index contributed by atoms with van der Waals surface area (Å²) in [5.74, 6) is -3.00. The van der Waals surface area contributed by atoms with E-state index in [1.807, 2.05) is 11.2 Å². The Kier molecular flexibility index (Phi) is 5.40. The molecule has 1 amide bonds. The van der Waals surface area contributed by atoms with Gasteiger partial charge in [0.2, 0.25) is 5.92 Å². The maximum absolute atomic E-state index is 13.8. The summed E-state index contributed by atoms with van der Waals surface area (Å²) in [5, 5.41) is 8.29. The Labute approximate surface area is 170 Å². The fourth-order valence-electron chi connectivity index (χ4n) is 3.45. The molecule has 3 heterocycles. The minimum atomic E-state index is -2.68. The standard InChI is InChI=1S/C20H20F2N4O2S/c1-29-18-10-14(3-6-23-18)24-19(27)15-9-13-12-28-25-16(13)11-17(15)26-7-2-4-20(21,22)5-8-26/h3,6,9-12H,2,4-5,7-8H2,1H3,(H,23,24,27). The second kappa shape index (κ2) is 7.98. The molecule has 1 fully saturated rings. The number of anilines is 2. The predicted octanol–water partition coefficient (Wildman–Crippen LogP) is 4.82. The van der Waals surface area contributed by atoms with E-state index in [1.54, 1.807) is 30.5 Å². The number of alkyl halides is 2. The van der Waals surface area contributed by atoms with E-state index < -0.39 is 5.92 Å². The van der Waals surface area contributed by atoms with Crippen molar-refractivity contribution in [3.8, 4) is 0 Å². The second-order valence-electron chi connectivity index (χ2n) is 6.98. The lowest BCUT2D eigenvalue weighted by Gasteiger charge is -2.25. The number of hydrogen-bond acceptors (Lipinski definition) is 6. The van der Waals surface area contributed by atoms with Gasteiger partial charge in [-0.05, 0) is 36.9 Å². The fraction of sp³-hybridized carbons (Fsp3) is 0.350. The third-order valence-corrected chi connectivity index (χ3v) is 5.62. The van der Waals surface area contributed by atoms with Gasteiger partial charge in [-0.2, -0.15) is 0 Å². The number of thioether (sulfide) groups is 1. The Bertz CT molecular complexity index is 1040. The van der Waals surface area contributed by atoms with Crippen LogP contribution in [0.1, 0.15) is 29.6 Å². The summed E-state index contributed by atoms with van der Waals surface area (Å²) >= 11 is 1.47. The van der Waals surface area contributed by atoms with Gasteiger partial charge < -0.3 is 14.7 Å². The van der Waals surface area contributed by atoms with Crippen molar-refractivity contribution in [1.82, 2.24) is 10.1 Å². The number of pyridine rings is 1.